The van der Waals surface area contributed by atoms with Gasteiger partial charge in [-0.25, -0.2) is 0 Å². The van der Waals surface area contributed by atoms with E-state index in [1.165, 1.54) is 0 Å². The van der Waals surface area contributed by atoms with Gasteiger partial charge >= 0.3 is 16.5 Å². The second kappa shape index (κ2) is 71.8. The molecule has 0 fully saturated rings. The zero-order chi connectivity index (χ0) is 0. The van der Waals surface area contributed by atoms with E-state index in [-0.39, 0.29) is 54.6 Å². The van der Waals surface area contributed by atoms with Crippen molar-refractivity contribution in [3.63, 3.8) is 0 Å². The number of hydrogen-bond donors (Lipinski definition) is 0. The van der Waals surface area contributed by atoms with Crippen LogP contribution in [-0.2, 0) is 38.2 Å². The van der Waals surface area contributed by atoms with Crippen LogP contribution in [0.3, 0.4) is 0 Å². The third-order valence-electron chi connectivity index (χ3n) is 0. The first-order valence-electron chi connectivity index (χ1n) is 0. The van der Waals surface area contributed by atoms with Crippen molar-refractivity contribution in [1.29, 1.82) is 0 Å². The summed E-state index contributed by atoms with van der Waals surface area (Å²) in [5, 5.41) is 0. The molecule has 0 saturated heterocycles. The molecule has 0 unspecified atom stereocenters. The summed E-state index contributed by atoms with van der Waals surface area (Å²) in [5.74, 6) is 0. The van der Waals surface area contributed by atoms with Crippen molar-refractivity contribution in [3.05, 3.63) is 0 Å². The van der Waals surface area contributed by atoms with E-state index in [1.54, 1.807) is 0 Å². The second-order valence-corrected chi connectivity index (χ2v) is 0. The average Bonchev–Trinajstić information content (AvgIpc) is 0. The summed E-state index contributed by atoms with van der Waals surface area (Å²) in [6.07, 6.45) is 0. The summed E-state index contributed by atoms with van der Waals surface area (Å²) in [4.78, 5) is 0. The molecule has 0 saturated carbocycles. The van der Waals surface area contributed by atoms with Gasteiger partial charge in [-0.3, -0.25) is 0 Å². The largest absolute Gasteiger partial charge is 2.00 e. The molecule has 0 aliphatic carbocycles. The van der Waals surface area contributed by atoms with Gasteiger partial charge in [0.2, 0.25) is 0 Å². The Balaban J connectivity index is 0. The standard InChI is InChI=1S/Ni.3H2O.Ti/h;3*1H2;/q+2;;;;/p-2. The fraction of sp³-hybridized carbons (Fsp3) is 0. The van der Waals surface area contributed by atoms with E-state index in [9.17, 15) is 0 Å². The molecule has 0 amide bonds. The van der Waals surface area contributed by atoms with E-state index in [4.69, 9.17) is 0 Å². The molecule has 0 radical (unpaired) electrons. The summed E-state index contributed by atoms with van der Waals surface area (Å²) in [6.45, 7) is 0. The molecule has 0 rings (SSSR count). The third kappa shape index (κ3) is 41.0. The molecular weight excluding hydrogens is 155 g/mol. The fourth-order valence-electron chi connectivity index (χ4n) is 0. The summed E-state index contributed by atoms with van der Waals surface area (Å²) < 4.78 is 0. The van der Waals surface area contributed by atoms with Gasteiger partial charge in [-0.05, 0) is 0 Å². The topological polar surface area (TPSA) is 91.5 Å². The normalized spacial score (nSPS) is 0. The smallest absolute Gasteiger partial charge is 0.870 e. The summed E-state index contributed by atoms with van der Waals surface area (Å²) >= 11 is 0. The summed E-state index contributed by atoms with van der Waals surface area (Å²) in [5.41, 5.74) is 0. The van der Waals surface area contributed by atoms with Gasteiger partial charge in [0.05, 0.1) is 0 Å². The fourth-order valence-corrected chi connectivity index (χ4v) is 0. The van der Waals surface area contributed by atoms with Crippen LogP contribution in [0, 0.1) is 0 Å². The van der Waals surface area contributed by atoms with Gasteiger partial charge in [0.1, 0.15) is 0 Å². The second-order valence-electron chi connectivity index (χ2n) is 0. The van der Waals surface area contributed by atoms with Crippen LogP contribution in [0.2, 0.25) is 0 Å². The Morgan fingerprint density at radius 1 is 0.800 bits per heavy atom. The number of hydrogen-bond acceptors (Lipinski definition) is 2. The Bertz CT molecular complexity index is 6.85. The molecule has 36 valence electrons. The Labute approximate surface area is 54.9 Å². The van der Waals surface area contributed by atoms with Crippen LogP contribution >= 0.6 is 0 Å². The van der Waals surface area contributed by atoms with Crippen LogP contribution in [0.1, 0.15) is 0 Å². The first kappa shape index (κ1) is 133. The molecule has 3 nitrogen and oxygen atoms in total. The Hall–Kier alpha value is 1.09. The van der Waals surface area contributed by atoms with Crippen LogP contribution in [0.5, 0.6) is 0 Å². The molecule has 0 bridgehead atoms. The zero-order valence-electron chi connectivity index (χ0n) is 2.21. The van der Waals surface area contributed by atoms with Crippen LogP contribution < -0.4 is 0 Å². The van der Waals surface area contributed by atoms with E-state index in [1.807, 2.05) is 0 Å². The molecule has 0 aromatic carbocycles. The van der Waals surface area contributed by atoms with E-state index in [0.717, 1.165) is 0 Å². The van der Waals surface area contributed by atoms with Crippen LogP contribution in [0.15, 0.2) is 0 Å². The summed E-state index contributed by atoms with van der Waals surface area (Å²) in [6, 6.07) is 0. The van der Waals surface area contributed by atoms with Crippen molar-refractivity contribution < 1.29 is 54.6 Å². The van der Waals surface area contributed by atoms with Gasteiger partial charge in [-0.1, -0.05) is 0 Å². The van der Waals surface area contributed by atoms with Crippen molar-refractivity contribution >= 4 is 0 Å². The van der Waals surface area contributed by atoms with Crippen LogP contribution in [0.4, 0.5) is 0 Å². The third-order valence-corrected chi connectivity index (χ3v) is 0. The van der Waals surface area contributed by atoms with E-state index in [2.05, 4.69) is 0 Å². The van der Waals surface area contributed by atoms with Crippen molar-refractivity contribution in [2.45, 2.75) is 0 Å². The zero-order valence-corrected chi connectivity index (χ0v) is 4.76. The van der Waals surface area contributed by atoms with Gasteiger partial charge in [-0.2, -0.15) is 0 Å². The maximum absolute atomic E-state index is 0. The molecule has 5 heavy (non-hydrogen) atoms. The van der Waals surface area contributed by atoms with Crippen molar-refractivity contribution in [2.75, 3.05) is 0 Å². The van der Waals surface area contributed by atoms with Crippen LogP contribution in [0.25, 0.3) is 0 Å². The quantitative estimate of drug-likeness (QED) is 0.415. The molecule has 0 aliphatic heterocycles. The monoisotopic (exact) mass is 158 g/mol. The molecule has 5 heteroatoms. The molecule has 0 spiro atoms. The molecule has 0 aliphatic rings. The minimum Gasteiger partial charge on any atom is -0.870 e. The Kier molecular flexibility index (Phi) is 1910. The van der Waals surface area contributed by atoms with Gasteiger partial charge in [0.15, 0.2) is 0 Å². The predicted octanol–water partition coefficient (Wildman–Crippen LogP) is -1.18. The minimum absolute atomic E-state index is 0. The molecule has 0 heterocycles. The Morgan fingerprint density at radius 2 is 0.800 bits per heavy atom. The number of rotatable bonds is 0. The maximum Gasteiger partial charge on any atom is 2.00 e. The molecule has 0 atom stereocenters. The van der Waals surface area contributed by atoms with Gasteiger partial charge in [-0.15, -0.1) is 0 Å². The van der Waals surface area contributed by atoms with Crippen molar-refractivity contribution in [1.82, 2.24) is 0 Å². The maximum atomic E-state index is 0. The minimum atomic E-state index is 0. The Morgan fingerprint density at radius 3 is 0.800 bits per heavy atom. The van der Waals surface area contributed by atoms with E-state index in [0.29, 0.717) is 0 Å². The average molecular weight is 159 g/mol. The van der Waals surface area contributed by atoms with Crippen molar-refractivity contribution in [3.8, 4) is 0 Å². The van der Waals surface area contributed by atoms with E-state index < -0.39 is 0 Å². The molecule has 0 aromatic heterocycles. The molecule has 0 aromatic rings. The van der Waals surface area contributed by atoms with Gasteiger partial charge < -0.3 is 16.4 Å². The van der Waals surface area contributed by atoms with E-state index >= 15 is 0 Å². The molecule has 4 N–H and O–H groups in total. The van der Waals surface area contributed by atoms with Crippen molar-refractivity contribution in [2.24, 2.45) is 0 Å². The van der Waals surface area contributed by atoms with Gasteiger partial charge in [0.25, 0.3) is 0 Å². The first-order chi connectivity index (χ1) is 0. The predicted molar refractivity (Wildman–Crippen MR) is 7.49 cm³/mol. The van der Waals surface area contributed by atoms with Gasteiger partial charge in [0, 0.05) is 21.7 Å². The first-order valence-corrected chi connectivity index (χ1v) is 0. The summed E-state index contributed by atoms with van der Waals surface area (Å²) in [7, 11) is 0. The van der Waals surface area contributed by atoms with Crippen LogP contribution in [-0.4, -0.2) is 16.4 Å². The SMILES string of the molecule is O.[Ni+2].[OH-].[OH-].[Ti]. The molecular formula is H4NiO3Ti.